The number of carboxylic acid groups (broad SMARTS) is 2. The average molecular weight is 457 g/mol. The number of carboxylic acids is 2. The molecule has 2 N–H and O–H groups in total. The van der Waals surface area contributed by atoms with Gasteiger partial charge in [0.2, 0.25) is 0 Å². The Morgan fingerprint density at radius 2 is 1.93 bits per heavy atom. The van der Waals surface area contributed by atoms with Crippen molar-refractivity contribution in [1.82, 2.24) is 4.90 Å². The zero-order chi connectivity index (χ0) is 21.7. The van der Waals surface area contributed by atoms with Gasteiger partial charge in [-0.25, -0.2) is 4.79 Å². The van der Waals surface area contributed by atoms with Gasteiger partial charge < -0.3 is 10.2 Å². The third-order valence-electron chi connectivity index (χ3n) is 3.73. The summed E-state index contributed by atoms with van der Waals surface area (Å²) in [6, 6.07) is 4.16. The molecule has 1 atom stereocenters. The summed E-state index contributed by atoms with van der Waals surface area (Å²) in [7, 11) is 0. The molecule has 152 valence electrons. The van der Waals surface area contributed by atoms with E-state index < -0.39 is 35.2 Å². The van der Waals surface area contributed by atoms with Gasteiger partial charge in [-0.05, 0) is 36.3 Å². The van der Waals surface area contributed by atoms with Crippen LogP contribution in [-0.4, -0.2) is 48.2 Å². The summed E-state index contributed by atoms with van der Waals surface area (Å²) in [4.78, 5) is 45.9. The van der Waals surface area contributed by atoms with Crippen molar-refractivity contribution in [3.05, 3.63) is 56.0 Å². The lowest BCUT2D eigenvalue weighted by atomic mass is 10.1. The van der Waals surface area contributed by atoms with Crippen LogP contribution in [0.1, 0.15) is 18.4 Å². The second-order valence-electron chi connectivity index (χ2n) is 5.72. The van der Waals surface area contributed by atoms with Crippen molar-refractivity contribution in [3.63, 3.8) is 0 Å². The smallest absolute Gasteiger partial charge is 0.326 e. The number of aliphatic carboxylic acids is 2. The van der Waals surface area contributed by atoms with Crippen molar-refractivity contribution in [3.8, 4) is 0 Å². The highest BCUT2D eigenvalue weighted by molar-refractivity contribution is 8.26. The second kappa shape index (κ2) is 9.63. The van der Waals surface area contributed by atoms with Crippen LogP contribution in [0.5, 0.6) is 0 Å². The molecule has 1 aromatic carbocycles. The van der Waals surface area contributed by atoms with Gasteiger partial charge in [-0.15, -0.1) is 0 Å². The Morgan fingerprint density at radius 1 is 1.31 bits per heavy atom. The lowest BCUT2D eigenvalue weighted by Gasteiger charge is -2.22. The molecule has 0 aliphatic carbocycles. The Balaban J connectivity index is 2.22. The molecule has 0 bridgehead atoms. The SMILES string of the molecule is O=C(O)CCC(C(=O)O)N1C(=O)C(=CC(Cl)=Cc2ccc([N+](=O)[O-])cc2)SC1=S. The molecule has 2 rings (SSSR count). The largest absolute Gasteiger partial charge is 0.481 e. The third-order valence-corrected chi connectivity index (χ3v) is 5.28. The molecule has 1 aliphatic rings. The van der Waals surface area contributed by atoms with Crippen molar-refractivity contribution in [1.29, 1.82) is 0 Å². The second-order valence-corrected chi connectivity index (χ2v) is 7.83. The zero-order valence-corrected chi connectivity index (χ0v) is 16.9. The summed E-state index contributed by atoms with van der Waals surface area (Å²) < 4.78 is -0.0150. The zero-order valence-electron chi connectivity index (χ0n) is 14.5. The Bertz CT molecular complexity index is 944. The predicted molar refractivity (Wildman–Crippen MR) is 110 cm³/mol. The molecular weight excluding hydrogens is 444 g/mol. The van der Waals surface area contributed by atoms with E-state index in [1.807, 2.05) is 0 Å². The molecule has 1 heterocycles. The molecule has 9 nitrogen and oxygen atoms in total. The number of carbonyl (C=O) groups excluding carboxylic acids is 1. The number of allylic oxidation sites excluding steroid dienone is 2. The van der Waals surface area contributed by atoms with Gasteiger partial charge in [0.25, 0.3) is 11.6 Å². The van der Waals surface area contributed by atoms with Crippen molar-refractivity contribution in [2.75, 3.05) is 0 Å². The normalized spacial score (nSPS) is 16.9. The number of nitro benzene ring substituents is 1. The molecule has 1 aliphatic heterocycles. The molecule has 0 radical (unpaired) electrons. The van der Waals surface area contributed by atoms with Gasteiger partial charge in [0.15, 0.2) is 0 Å². The first-order valence-electron chi connectivity index (χ1n) is 7.93. The number of hydrogen-bond donors (Lipinski definition) is 2. The number of thiocarbonyl (C=S) groups is 1. The van der Waals surface area contributed by atoms with E-state index in [2.05, 4.69) is 0 Å². The number of amides is 1. The molecule has 1 aromatic rings. The monoisotopic (exact) mass is 456 g/mol. The number of benzene rings is 1. The number of thioether (sulfide) groups is 1. The maximum atomic E-state index is 12.6. The third kappa shape index (κ3) is 5.86. The highest BCUT2D eigenvalue weighted by atomic mass is 35.5. The summed E-state index contributed by atoms with van der Waals surface area (Å²) >= 11 is 12.1. The van der Waals surface area contributed by atoms with Gasteiger partial charge in [0.1, 0.15) is 10.4 Å². The maximum absolute atomic E-state index is 12.6. The van der Waals surface area contributed by atoms with E-state index >= 15 is 0 Å². The molecule has 0 aromatic heterocycles. The van der Waals surface area contributed by atoms with Crippen LogP contribution < -0.4 is 0 Å². The topological polar surface area (TPSA) is 138 Å². The summed E-state index contributed by atoms with van der Waals surface area (Å²) in [5.74, 6) is -3.24. The first-order valence-corrected chi connectivity index (χ1v) is 9.53. The fourth-order valence-corrected chi connectivity index (χ4v) is 4.04. The number of rotatable bonds is 8. The maximum Gasteiger partial charge on any atom is 0.326 e. The fourth-order valence-electron chi connectivity index (χ4n) is 2.39. The van der Waals surface area contributed by atoms with Gasteiger partial charge in [-0.1, -0.05) is 35.6 Å². The van der Waals surface area contributed by atoms with E-state index in [-0.39, 0.29) is 26.4 Å². The lowest BCUT2D eigenvalue weighted by molar-refractivity contribution is -0.384. The summed E-state index contributed by atoms with van der Waals surface area (Å²) in [5.41, 5.74) is 0.470. The van der Waals surface area contributed by atoms with Crippen LogP contribution in [0.15, 0.2) is 40.3 Å². The Kier molecular flexibility index (Phi) is 7.48. The minimum Gasteiger partial charge on any atom is -0.481 e. The molecule has 0 saturated carbocycles. The van der Waals surface area contributed by atoms with Crippen molar-refractivity contribution < 1.29 is 29.5 Å². The van der Waals surface area contributed by atoms with Gasteiger partial charge >= 0.3 is 11.9 Å². The van der Waals surface area contributed by atoms with E-state index in [1.165, 1.54) is 36.4 Å². The van der Waals surface area contributed by atoms with Crippen LogP contribution >= 0.6 is 35.6 Å². The van der Waals surface area contributed by atoms with Crippen LogP contribution in [0, 0.1) is 10.1 Å². The average Bonchev–Trinajstić information content (AvgIpc) is 2.89. The standard InChI is InChI=1S/C17H13ClN2O7S2/c18-10(7-9-1-3-11(4-2-9)20(26)27)8-13-15(23)19(17(28)29-13)12(16(24)25)5-6-14(21)22/h1-4,7-8,12H,5-6H2,(H,21,22)(H,24,25). The van der Waals surface area contributed by atoms with Gasteiger partial charge in [0, 0.05) is 23.6 Å². The van der Waals surface area contributed by atoms with Crippen LogP contribution in [0.3, 0.4) is 0 Å². The van der Waals surface area contributed by atoms with E-state index in [9.17, 15) is 29.6 Å². The highest BCUT2D eigenvalue weighted by Crippen LogP contribution is 2.35. The van der Waals surface area contributed by atoms with Crippen LogP contribution in [0.25, 0.3) is 6.08 Å². The number of halogens is 1. The Hall–Kier alpha value is -2.76. The van der Waals surface area contributed by atoms with Crippen LogP contribution in [0.2, 0.25) is 0 Å². The quantitative estimate of drug-likeness (QED) is 0.261. The Morgan fingerprint density at radius 3 is 2.45 bits per heavy atom. The first-order chi connectivity index (χ1) is 13.6. The Labute approximate surface area is 178 Å². The number of non-ortho nitro benzene ring substituents is 1. The molecule has 1 fully saturated rings. The summed E-state index contributed by atoms with van der Waals surface area (Å²) in [5, 5.41) is 28.9. The fraction of sp³-hybridized carbons (Fsp3) is 0.176. The number of carbonyl (C=O) groups is 3. The molecule has 1 unspecified atom stereocenters. The molecule has 12 heteroatoms. The summed E-state index contributed by atoms with van der Waals surface area (Å²) in [6.45, 7) is 0. The van der Waals surface area contributed by atoms with E-state index in [0.717, 1.165) is 16.7 Å². The van der Waals surface area contributed by atoms with Gasteiger partial charge in [0.05, 0.1) is 9.83 Å². The van der Waals surface area contributed by atoms with Crippen molar-refractivity contribution >= 4 is 69.5 Å². The van der Waals surface area contributed by atoms with Crippen molar-refractivity contribution in [2.45, 2.75) is 18.9 Å². The lowest BCUT2D eigenvalue weighted by Crippen LogP contribution is -2.44. The van der Waals surface area contributed by atoms with E-state index in [0.29, 0.717) is 5.56 Å². The number of nitrogens with zero attached hydrogens (tertiary/aromatic N) is 2. The summed E-state index contributed by atoms with van der Waals surface area (Å²) in [6.07, 6.45) is 2.04. The highest BCUT2D eigenvalue weighted by Gasteiger charge is 2.40. The number of hydrogen-bond acceptors (Lipinski definition) is 7. The first kappa shape index (κ1) is 22.5. The molecule has 1 saturated heterocycles. The van der Waals surface area contributed by atoms with E-state index in [1.54, 1.807) is 0 Å². The minimum atomic E-state index is -1.40. The van der Waals surface area contributed by atoms with Gasteiger partial charge in [-0.2, -0.15) is 0 Å². The molecular formula is C17H13ClN2O7S2. The minimum absolute atomic E-state index is 0.0150. The molecule has 1 amide bonds. The van der Waals surface area contributed by atoms with Crippen LogP contribution in [-0.2, 0) is 14.4 Å². The number of nitro groups is 1. The van der Waals surface area contributed by atoms with E-state index in [4.69, 9.17) is 28.9 Å². The molecule has 0 spiro atoms. The molecule has 29 heavy (non-hydrogen) atoms. The van der Waals surface area contributed by atoms with Crippen molar-refractivity contribution in [2.24, 2.45) is 0 Å². The van der Waals surface area contributed by atoms with Crippen LogP contribution in [0.4, 0.5) is 5.69 Å². The van der Waals surface area contributed by atoms with Gasteiger partial charge in [-0.3, -0.25) is 24.6 Å². The predicted octanol–water partition coefficient (Wildman–Crippen LogP) is 3.24.